The minimum atomic E-state index is -0.0294. The molecule has 1 aromatic heterocycles. The average molecular weight is 333 g/mol. The van der Waals surface area contributed by atoms with Gasteiger partial charge in [-0.3, -0.25) is 4.68 Å². The molecule has 3 heterocycles. The molecule has 0 unspecified atom stereocenters. The van der Waals surface area contributed by atoms with Crippen molar-refractivity contribution in [3.63, 3.8) is 0 Å². The van der Waals surface area contributed by atoms with E-state index >= 15 is 0 Å². The van der Waals surface area contributed by atoms with Crippen LogP contribution in [0.15, 0.2) is 12.4 Å². The highest BCUT2D eigenvalue weighted by molar-refractivity contribution is 5.89. The Labute approximate surface area is 142 Å². The molecule has 132 valence electrons. The first-order valence-electron chi connectivity index (χ1n) is 9.18. The van der Waals surface area contributed by atoms with Crippen LogP contribution in [0, 0.1) is 5.92 Å². The number of rotatable bonds is 3. The van der Waals surface area contributed by atoms with Gasteiger partial charge in [0.15, 0.2) is 0 Å². The SMILES string of the molecule is N[C@@H]1CCO[C@H]1C1CCN(C(=O)Nc2cnn(C3CCC3)c2)CC1. The fraction of sp³-hybridized carbons (Fsp3) is 0.765. The molecular weight excluding hydrogens is 306 g/mol. The predicted octanol–water partition coefficient (Wildman–Crippen LogP) is 1.97. The maximum absolute atomic E-state index is 12.4. The van der Waals surface area contributed by atoms with E-state index in [0.29, 0.717) is 12.0 Å². The van der Waals surface area contributed by atoms with Crippen LogP contribution in [0.25, 0.3) is 0 Å². The normalized spacial score (nSPS) is 28.8. The van der Waals surface area contributed by atoms with Gasteiger partial charge in [0.25, 0.3) is 0 Å². The van der Waals surface area contributed by atoms with E-state index in [1.54, 1.807) is 6.20 Å². The van der Waals surface area contributed by atoms with Crippen molar-refractivity contribution in [2.24, 2.45) is 11.7 Å². The van der Waals surface area contributed by atoms with Crippen molar-refractivity contribution < 1.29 is 9.53 Å². The Kier molecular flexibility index (Phi) is 4.45. The summed E-state index contributed by atoms with van der Waals surface area (Å²) in [5.41, 5.74) is 6.91. The molecule has 0 spiro atoms. The zero-order chi connectivity index (χ0) is 16.5. The third kappa shape index (κ3) is 3.15. The van der Waals surface area contributed by atoms with Gasteiger partial charge >= 0.3 is 6.03 Å². The van der Waals surface area contributed by atoms with Crippen LogP contribution >= 0.6 is 0 Å². The first kappa shape index (κ1) is 15.9. The third-order valence-electron chi connectivity index (χ3n) is 5.78. The number of hydrogen-bond donors (Lipinski definition) is 2. The lowest BCUT2D eigenvalue weighted by atomic mass is 9.88. The summed E-state index contributed by atoms with van der Waals surface area (Å²) in [4.78, 5) is 14.3. The van der Waals surface area contributed by atoms with Gasteiger partial charge in [0.1, 0.15) is 0 Å². The van der Waals surface area contributed by atoms with Crippen molar-refractivity contribution in [3.05, 3.63) is 12.4 Å². The van der Waals surface area contributed by atoms with Crippen LogP contribution in [0.5, 0.6) is 0 Å². The second kappa shape index (κ2) is 6.72. The molecule has 7 heteroatoms. The number of nitrogens with zero attached hydrogens (tertiary/aromatic N) is 3. The molecule has 1 saturated carbocycles. The molecule has 1 aliphatic carbocycles. The van der Waals surface area contributed by atoms with E-state index in [2.05, 4.69) is 10.4 Å². The number of piperidine rings is 1. The predicted molar refractivity (Wildman–Crippen MR) is 90.8 cm³/mol. The van der Waals surface area contributed by atoms with E-state index in [0.717, 1.165) is 44.6 Å². The Morgan fingerprint density at radius 1 is 1.25 bits per heavy atom. The van der Waals surface area contributed by atoms with Gasteiger partial charge in [-0.05, 0) is 44.4 Å². The summed E-state index contributed by atoms with van der Waals surface area (Å²) in [6, 6.07) is 0.646. The van der Waals surface area contributed by atoms with Crippen molar-refractivity contribution >= 4 is 11.7 Å². The standard InChI is InChI=1S/C17H27N5O2/c18-15-6-9-24-16(15)12-4-7-21(8-5-12)17(23)20-13-10-19-22(11-13)14-2-1-3-14/h10-12,14-16H,1-9,18H2,(H,20,23)/t15-,16+/m1/s1. The van der Waals surface area contributed by atoms with Crippen LogP contribution in [0.1, 0.15) is 44.6 Å². The molecule has 2 aliphatic heterocycles. The molecule has 0 bridgehead atoms. The highest BCUT2D eigenvalue weighted by Crippen LogP contribution is 2.31. The Balaban J connectivity index is 1.27. The zero-order valence-corrected chi connectivity index (χ0v) is 14.1. The number of nitrogens with one attached hydrogen (secondary N) is 1. The van der Waals surface area contributed by atoms with Crippen molar-refractivity contribution in [1.29, 1.82) is 0 Å². The molecule has 0 radical (unpaired) electrons. The number of urea groups is 1. The summed E-state index contributed by atoms with van der Waals surface area (Å²) in [5.74, 6) is 0.480. The van der Waals surface area contributed by atoms with E-state index in [1.165, 1.54) is 19.3 Å². The smallest absolute Gasteiger partial charge is 0.321 e. The number of carbonyl (C=O) groups is 1. The molecule has 2 amide bonds. The minimum absolute atomic E-state index is 0.0294. The fourth-order valence-corrected chi connectivity index (χ4v) is 4.00. The molecule has 3 aliphatic rings. The number of amides is 2. The van der Waals surface area contributed by atoms with Crippen LogP contribution in [-0.4, -0.2) is 52.6 Å². The van der Waals surface area contributed by atoms with Gasteiger partial charge in [0.05, 0.1) is 24.0 Å². The van der Waals surface area contributed by atoms with E-state index in [-0.39, 0.29) is 18.2 Å². The monoisotopic (exact) mass is 333 g/mol. The van der Waals surface area contributed by atoms with Crippen molar-refractivity contribution in [1.82, 2.24) is 14.7 Å². The molecule has 24 heavy (non-hydrogen) atoms. The van der Waals surface area contributed by atoms with E-state index in [9.17, 15) is 4.79 Å². The highest BCUT2D eigenvalue weighted by atomic mass is 16.5. The Bertz CT molecular complexity index is 577. The number of carbonyl (C=O) groups excluding carboxylic acids is 1. The van der Waals surface area contributed by atoms with Gasteiger partial charge in [-0.25, -0.2) is 4.79 Å². The molecule has 2 atom stereocenters. The van der Waals surface area contributed by atoms with Crippen LogP contribution in [0.2, 0.25) is 0 Å². The Morgan fingerprint density at radius 2 is 2.04 bits per heavy atom. The second-order valence-electron chi connectivity index (χ2n) is 7.34. The number of ether oxygens (including phenoxy) is 1. The highest BCUT2D eigenvalue weighted by Gasteiger charge is 2.35. The largest absolute Gasteiger partial charge is 0.376 e. The Morgan fingerprint density at radius 3 is 2.67 bits per heavy atom. The van der Waals surface area contributed by atoms with Gasteiger partial charge in [0, 0.05) is 31.9 Å². The summed E-state index contributed by atoms with van der Waals surface area (Å²) >= 11 is 0. The minimum Gasteiger partial charge on any atom is -0.376 e. The van der Waals surface area contributed by atoms with Crippen molar-refractivity contribution in [2.45, 2.75) is 56.7 Å². The molecular formula is C17H27N5O2. The van der Waals surface area contributed by atoms with Crippen LogP contribution in [0.4, 0.5) is 10.5 Å². The maximum atomic E-state index is 12.4. The molecule has 0 aromatic carbocycles. The second-order valence-corrected chi connectivity index (χ2v) is 7.34. The number of hydrogen-bond acceptors (Lipinski definition) is 4. The topological polar surface area (TPSA) is 85.4 Å². The third-order valence-corrected chi connectivity index (χ3v) is 5.78. The summed E-state index contributed by atoms with van der Waals surface area (Å²) in [6.45, 7) is 2.30. The lowest BCUT2D eigenvalue weighted by Gasteiger charge is -2.35. The van der Waals surface area contributed by atoms with Gasteiger partial charge in [-0.2, -0.15) is 5.10 Å². The summed E-state index contributed by atoms with van der Waals surface area (Å²) < 4.78 is 7.76. The first-order chi connectivity index (χ1) is 11.7. The van der Waals surface area contributed by atoms with E-state index in [1.807, 2.05) is 15.8 Å². The number of aromatic nitrogens is 2. The van der Waals surface area contributed by atoms with Crippen LogP contribution in [0.3, 0.4) is 0 Å². The number of anilines is 1. The molecule has 4 rings (SSSR count). The van der Waals surface area contributed by atoms with E-state index < -0.39 is 0 Å². The summed E-state index contributed by atoms with van der Waals surface area (Å²) in [5, 5.41) is 7.34. The fourth-order valence-electron chi connectivity index (χ4n) is 4.00. The molecule has 2 saturated heterocycles. The summed E-state index contributed by atoms with van der Waals surface area (Å²) in [6.07, 6.45) is 10.4. The van der Waals surface area contributed by atoms with Crippen LogP contribution < -0.4 is 11.1 Å². The molecule has 7 nitrogen and oxygen atoms in total. The molecule has 3 N–H and O–H groups in total. The van der Waals surface area contributed by atoms with Crippen molar-refractivity contribution in [3.8, 4) is 0 Å². The number of nitrogens with two attached hydrogens (primary N) is 1. The van der Waals surface area contributed by atoms with Crippen LogP contribution in [-0.2, 0) is 4.74 Å². The van der Waals surface area contributed by atoms with E-state index in [4.69, 9.17) is 10.5 Å². The van der Waals surface area contributed by atoms with Gasteiger partial charge < -0.3 is 20.7 Å². The molecule has 1 aromatic rings. The first-order valence-corrected chi connectivity index (χ1v) is 9.18. The van der Waals surface area contributed by atoms with Gasteiger partial charge in [-0.1, -0.05) is 0 Å². The maximum Gasteiger partial charge on any atom is 0.321 e. The quantitative estimate of drug-likeness (QED) is 0.885. The summed E-state index contributed by atoms with van der Waals surface area (Å²) in [7, 11) is 0. The lowest BCUT2D eigenvalue weighted by Crippen LogP contribution is -2.46. The lowest BCUT2D eigenvalue weighted by molar-refractivity contribution is 0.0319. The van der Waals surface area contributed by atoms with Gasteiger partial charge in [-0.15, -0.1) is 0 Å². The van der Waals surface area contributed by atoms with Gasteiger partial charge in [0.2, 0.25) is 0 Å². The van der Waals surface area contributed by atoms with Crippen molar-refractivity contribution in [2.75, 3.05) is 25.0 Å². The average Bonchev–Trinajstić information content (AvgIpc) is 3.15. The number of likely N-dealkylation sites (tertiary alicyclic amines) is 1. The Hall–Kier alpha value is -1.60. The zero-order valence-electron chi connectivity index (χ0n) is 14.1. The molecule has 3 fully saturated rings.